The summed E-state index contributed by atoms with van der Waals surface area (Å²) < 4.78 is 38.5. The molecule has 2 heterocycles. The fourth-order valence-electron chi connectivity index (χ4n) is 5.62. The Kier molecular flexibility index (Phi) is 7.80. The van der Waals surface area contributed by atoms with E-state index in [4.69, 9.17) is 27.8 Å². The SMILES string of the molecule is CC1(C)Oc2cc3c(C=Cc4ccc(O[Si](C)(C)C(C)(C)C)c5cc6c(cc45)OC(C)(C)O6)ccc(O[Si](C)(C)C(C)(C)C)c3cc2O1. The number of hydrogen-bond acceptors (Lipinski definition) is 6. The highest BCUT2D eigenvalue weighted by Crippen LogP contribution is 2.48. The first-order valence-electron chi connectivity index (χ1n) is 17.0. The van der Waals surface area contributed by atoms with Crippen LogP contribution in [0.15, 0.2) is 48.5 Å². The summed E-state index contributed by atoms with van der Waals surface area (Å²) in [5.41, 5.74) is 2.11. The second kappa shape index (κ2) is 10.9. The summed E-state index contributed by atoms with van der Waals surface area (Å²) >= 11 is 0. The van der Waals surface area contributed by atoms with Gasteiger partial charge in [-0.25, -0.2) is 0 Å². The summed E-state index contributed by atoms with van der Waals surface area (Å²) in [6.45, 7) is 30.4. The van der Waals surface area contributed by atoms with Gasteiger partial charge < -0.3 is 27.8 Å². The Morgan fingerprint density at radius 2 is 0.792 bits per heavy atom. The van der Waals surface area contributed by atoms with Gasteiger partial charge in [0.05, 0.1) is 0 Å². The molecule has 0 N–H and O–H groups in total. The van der Waals surface area contributed by atoms with Gasteiger partial charge in [-0.2, -0.15) is 0 Å². The fourth-order valence-corrected chi connectivity index (χ4v) is 7.69. The standard InChI is InChI=1S/C40H52O6Si2/c1-37(2,3)47(11,12)45-31-19-17-25(27-21-33-35(23-29(27)31)43-39(7,8)41-33)15-16-26-18-20-32(46-48(13,14)38(4,5)6)30-24-36-34(22-28(26)30)42-40(9,10)44-36/h15-24H,1-14H3. The summed E-state index contributed by atoms with van der Waals surface area (Å²) in [6, 6.07) is 16.8. The molecule has 2 aliphatic rings. The molecule has 6 rings (SSSR count). The maximum absolute atomic E-state index is 6.88. The van der Waals surface area contributed by atoms with E-state index in [1.54, 1.807) is 0 Å². The first-order valence-corrected chi connectivity index (χ1v) is 22.8. The van der Waals surface area contributed by atoms with Gasteiger partial charge >= 0.3 is 0 Å². The van der Waals surface area contributed by atoms with Crippen LogP contribution in [0, 0.1) is 0 Å². The van der Waals surface area contributed by atoms with Crippen molar-refractivity contribution < 1.29 is 27.8 Å². The summed E-state index contributed by atoms with van der Waals surface area (Å²) in [7, 11) is -4.22. The Bertz CT molecular complexity index is 1820. The van der Waals surface area contributed by atoms with Crippen molar-refractivity contribution in [1.29, 1.82) is 0 Å². The van der Waals surface area contributed by atoms with Crippen LogP contribution in [0.4, 0.5) is 0 Å². The largest absolute Gasteiger partial charge is 0.543 e. The lowest BCUT2D eigenvalue weighted by Gasteiger charge is -2.37. The molecule has 0 bridgehead atoms. The van der Waals surface area contributed by atoms with E-state index < -0.39 is 28.2 Å². The summed E-state index contributed by atoms with van der Waals surface area (Å²) in [5, 5.41) is 4.23. The van der Waals surface area contributed by atoms with E-state index in [1.165, 1.54) is 0 Å². The zero-order valence-corrected chi connectivity index (χ0v) is 33.2. The van der Waals surface area contributed by atoms with Gasteiger partial charge in [0.1, 0.15) is 11.5 Å². The normalized spacial score (nSPS) is 17.0. The van der Waals surface area contributed by atoms with Crippen molar-refractivity contribution in [3.63, 3.8) is 0 Å². The van der Waals surface area contributed by atoms with Crippen molar-refractivity contribution in [2.45, 2.75) is 117 Å². The zero-order valence-electron chi connectivity index (χ0n) is 31.2. The molecule has 0 aromatic heterocycles. The van der Waals surface area contributed by atoms with Gasteiger partial charge in [0.2, 0.25) is 11.6 Å². The minimum Gasteiger partial charge on any atom is -0.543 e. The van der Waals surface area contributed by atoms with Crippen molar-refractivity contribution in [1.82, 2.24) is 0 Å². The number of rotatable bonds is 6. The Hall–Kier alpha value is -3.63. The van der Waals surface area contributed by atoms with E-state index in [9.17, 15) is 0 Å². The molecule has 0 fully saturated rings. The van der Waals surface area contributed by atoms with Gasteiger partial charge in [-0.1, -0.05) is 65.8 Å². The molecule has 0 aliphatic carbocycles. The first kappa shape index (κ1) is 34.2. The highest BCUT2D eigenvalue weighted by Gasteiger charge is 2.41. The Labute approximate surface area is 288 Å². The summed E-state index contributed by atoms with van der Waals surface area (Å²) in [5.74, 6) is 3.22. The molecule has 48 heavy (non-hydrogen) atoms. The van der Waals surface area contributed by atoms with Crippen LogP contribution in [0.1, 0.15) is 80.4 Å². The average molecular weight is 685 g/mol. The van der Waals surface area contributed by atoms with Crippen molar-refractivity contribution in [3.05, 3.63) is 59.7 Å². The molecule has 0 saturated heterocycles. The van der Waals surface area contributed by atoms with E-state index >= 15 is 0 Å². The molecule has 4 aromatic rings. The van der Waals surface area contributed by atoms with E-state index in [-0.39, 0.29) is 10.1 Å². The van der Waals surface area contributed by atoms with Gasteiger partial charge in [0.25, 0.3) is 16.6 Å². The monoisotopic (exact) mass is 684 g/mol. The Morgan fingerprint density at radius 3 is 1.08 bits per heavy atom. The molecule has 8 heteroatoms. The molecule has 0 spiro atoms. The minimum atomic E-state index is -2.11. The van der Waals surface area contributed by atoms with E-state index in [1.807, 2.05) is 27.7 Å². The Balaban J connectivity index is 1.48. The fraction of sp³-hybridized carbons (Fsp3) is 0.450. The molecule has 0 atom stereocenters. The van der Waals surface area contributed by atoms with E-state index in [0.29, 0.717) is 0 Å². The molecule has 0 saturated carbocycles. The summed E-state index contributed by atoms with van der Waals surface area (Å²) in [6.07, 6.45) is 4.34. The lowest BCUT2D eigenvalue weighted by Crippen LogP contribution is -2.43. The van der Waals surface area contributed by atoms with Crippen LogP contribution in [0.3, 0.4) is 0 Å². The molecular weight excluding hydrogens is 633 g/mol. The third-order valence-corrected chi connectivity index (χ3v) is 19.0. The van der Waals surface area contributed by atoms with Gasteiger partial charge in [0, 0.05) is 38.5 Å². The third-order valence-electron chi connectivity index (χ3n) is 10.4. The number of ether oxygens (including phenoxy) is 4. The van der Waals surface area contributed by atoms with Crippen LogP contribution in [-0.4, -0.2) is 28.2 Å². The quantitative estimate of drug-likeness (QED) is 0.149. The van der Waals surface area contributed by atoms with Gasteiger partial charge in [-0.15, -0.1) is 0 Å². The van der Waals surface area contributed by atoms with E-state index in [0.717, 1.165) is 67.2 Å². The van der Waals surface area contributed by atoms with E-state index in [2.05, 4.69) is 128 Å². The predicted octanol–water partition coefficient (Wildman–Crippen LogP) is 11.9. The van der Waals surface area contributed by atoms with Crippen LogP contribution in [-0.2, 0) is 0 Å². The van der Waals surface area contributed by atoms with Crippen LogP contribution in [0.25, 0.3) is 33.7 Å². The predicted molar refractivity (Wildman–Crippen MR) is 203 cm³/mol. The van der Waals surface area contributed by atoms with Crippen molar-refractivity contribution >= 4 is 50.3 Å². The number of fused-ring (bicyclic) bond motifs is 4. The lowest BCUT2D eigenvalue weighted by molar-refractivity contribution is -0.0437. The minimum absolute atomic E-state index is 0.0574. The highest BCUT2D eigenvalue weighted by molar-refractivity contribution is 6.75. The third kappa shape index (κ3) is 6.29. The number of hydrogen-bond donors (Lipinski definition) is 0. The van der Waals surface area contributed by atoms with Crippen LogP contribution < -0.4 is 27.8 Å². The average Bonchev–Trinajstić information content (AvgIpc) is 3.41. The topological polar surface area (TPSA) is 55.4 Å². The maximum Gasteiger partial charge on any atom is 0.250 e. The summed E-state index contributed by atoms with van der Waals surface area (Å²) in [4.78, 5) is 0. The van der Waals surface area contributed by atoms with Gasteiger partial charge in [-0.3, -0.25) is 0 Å². The highest BCUT2D eigenvalue weighted by atomic mass is 28.4. The van der Waals surface area contributed by atoms with Crippen LogP contribution >= 0.6 is 0 Å². The molecule has 0 radical (unpaired) electrons. The Morgan fingerprint density at radius 1 is 0.500 bits per heavy atom. The molecule has 2 aliphatic heterocycles. The molecule has 6 nitrogen and oxygen atoms in total. The maximum atomic E-state index is 6.88. The molecule has 0 unspecified atom stereocenters. The van der Waals surface area contributed by atoms with Gasteiger partial charge in [0.15, 0.2) is 23.0 Å². The van der Waals surface area contributed by atoms with Crippen molar-refractivity contribution in [2.24, 2.45) is 0 Å². The van der Waals surface area contributed by atoms with Crippen molar-refractivity contribution in [3.8, 4) is 34.5 Å². The zero-order chi connectivity index (χ0) is 35.2. The van der Waals surface area contributed by atoms with Gasteiger partial charge in [-0.05, 0) is 94.6 Å². The number of benzene rings is 4. The molecule has 0 amide bonds. The second-order valence-corrected chi connectivity index (χ2v) is 26.7. The lowest BCUT2D eigenvalue weighted by atomic mass is 9.99. The first-order chi connectivity index (χ1) is 22.0. The second-order valence-electron chi connectivity index (χ2n) is 17.3. The molecule has 256 valence electrons. The van der Waals surface area contributed by atoms with Crippen LogP contribution in [0.5, 0.6) is 34.5 Å². The van der Waals surface area contributed by atoms with Crippen molar-refractivity contribution in [2.75, 3.05) is 0 Å². The van der Waals surface area contributed by atoms with Crippen LogP contribution in [0.2, 0.25) is 36.3 Å². The molecular formula is C40H52O6Si2. The smallest absolute Gasteiger partial charge is 0.250 e. The molecule has 4 aromatic carbocycles.